The van der Waals surface area contributed by atoms with Crippen LogP contribution in [0.4, 0.5) is 0 Å². The Hall–Kier alpha value is -0.330. The van der Waals surface area contributed by atoms with Gasteiger partial charge >= 0.3 is 0 Å². The van der Waals surface area contributed by atoms with Gasteiger partial charge in [0.1, 0.15) is 0 Å². The highest BCUT2D eigenvalue weighted by Gasteiger charge is 1.95. The molecule has 0 aromatic heterocycles. The molecule has 7 heavy (non-hydrogen) atoms. The smallest absolute Gasteiger partial charge is 0.201 e. The van der Waals surface area contributed by atoms with Gasteiger partial charge in [-0.15, -0.1) is 0 Å². The van der Waals surface area contributed by atoms with Crippen LogP contribution in [0.5, 0.6) is 0 Å². The van der Waals surface area contributed by atoms with Crippen molar-refractivity contribution in [3.05, 3.63) is 6.92 Å². The van der Waals surface area contributed by atoms with Gasteiger partial charge in [0, 0.05) is 5.92 Å². The van der Waals surface area contributed by atoms with Crippen molar-refractivity contribution in [3.8, 4) is 0 Å². The Morgan fingerprint density at radius 1 is 1.86 bits per heavy atom. The molecule has 0 aromatic carbocycles. The summed E-state index contributed by atoms with van der Waals surface area (Å²) >= 11 is 0. The van der Waals surface area contributed by atoms with Gasteiger partial charge in [0.25, 0.3) is 0 Å². The maximum absolute atomic E-state index is 9.74. The Bertz CT molecular complexity index is 50.1. The molecule has 40 valence electrons. The Kier molecular flexibility index (Phi) is 3.67. The van der Waals surface area contributed by atoms with Crippen LogP contribution < -0.4 is 0 Å². The van der Waals surface area contributed by atoms with E-state index in [-0.39, 0.29) is 5.92 Å². The van der Waals surface area contributed by atoms with E-state index >= 15 is 0 Å². The molecule has 0 aliphatic carbocycles. The van der Waals surface area contributed by atoms with Crippen molar-refractivity contribution in [1.82, 2.24) is 0 Å². The standard InChI is InChI=1S/C6H10O/c1-3-4-6(2)5-7/h6H,1,3-4H2,2H3. The van der Waals surface area contributed by atoms with Crippen molar-refractivity contribution in [2.45, 2.75) is 19.8 Å². The summed E-state index contributed by atoms with van der Waals surface area (Å²) in [5.74, 6) is 0.0810. The molecule has 1 atom stereocenters. The average molecular weight is 98.1 g/mol. The van der Waals surface area contributed by atoms with E-state index in [1.807, 2.05) is 13.2 Å². The fourth-order valence-corrected chi connectivity index (χ4v) is 0.365. The summed E-state index contributed by atoms with van der Waals surface area (Å²) in [5, 5.41) is 0. The molecule has 0 spiro atoms. The molecule has 0 heterocycles. The zero-order valence-corrected chi connectivity index (χ0v) is 4.61. The van der Waals surface area contributed by atoms with Crippen LogP contribution in [0, 0.1) is 12.8 Å². The number of hydrogen-bond donors (Lipinski definition) is 0. The zero-order chi connectivity index (χ0) is 5.70. The molecule has 0 aliphatic heterocycles. The fraction of sp³-hybridized carbons (Fsp3) is 0.667. The van der Waals surface area contributed by atoms with Crippen LogP contribution in [-0.2, 0) is 4.79 Å². The van der Waals surface area contributed by atoms with E-state index in [9.17, 15) is 4.79 Å². The molecular weight excluding hydrogens is 88.1 g/mol. The first-order valence-electron chi connectivity index (χ1n) is 2.48. The lowest BCUT2D eigenvalue weighted by Crippen LogP contribution is -1.92. The summed E-state index contributed by atoms with van der Waals surface area (Å²) in [5.41, 5.74) is 0. The van der Waals surface area contributed by atoms with E-state index < -0.39 is 0 Å². The van der Waals surface area contributed by atoms with Gasteiger partial charge in [-0.3, -0.25) is 4.79 Å². The molecule has 0 fully saturated rings. The van der Waals surface area contributed by atoms with Crippen LogP contribution in [0.2, 0.25) is 0 Å². The van der Waals surface area contributed by atoms with Crippen molar-refractivity contribution in [1.29, 1.82) is 0 Å². The molecule has 0 amide bonds. The topological polar surface area (TPSA) is 17.1 Å². The number of rotatable bonds is 3. The fourth-order valence-electron chi connectivity index (χ4n) is 0.365. The van der Waals surface area contributed by atoms with Crippen LogP contribution >= 0.6 is 0 Å². The predicted molar refractivity (Wildman–Crippen MR) is 29.4 cm³/mol. The van der Waals surface area contributed by atoms with E-state index in [1.165, 1.54) is 0 Å². The average Bonchev–Trinajstić information content (AvgIpc) is 1.68. The van der Waals surface area contributed by atoms with Crippen LogP contribution in [0.1, 0.15) is 19.8 Å². The molecule has 0 saturated carbocycles. The molecule has 0 aliphatic rings. The maximum atomic E-state index is 9.74. The van der Waals surface area contributed by atoms with E-state index in [1.54, 1.807) is 0 Å². The van der Waals surface area contributed by atoms with E-state index in [2.05, 4.69) is 6.92 Å². The van der Waals surface area contributed by atoms with E-state index in [0.717, 1.165) is 12.8 Å². The SMILES string of the molecule is [CH2]CCC(C)[C]=O. The quantitative estimate of drug-likeness (QED) is 0.520. The van der Waals surface area contributed by atoms with Gasteiger partial charge in [0.05, 0.1) is 0 Å². The van der Waals surface area contributed by atoms with Gasteiger partial charge < -0.3 is 0 Å². The lowest BCUT2D eigenvalue weighted by Gasteiger charge is -1.93. The van der Waals surface area contributed by atoms with Gasteiger partial charge in [0.15, 0.2) is 0 Å². The number of hydrogen-bond acceptors (Lipinski definition) is 1. The lowest BCUT2D eigenvalue weighted by atomic mass is 10.1. The predicted octanol–water partition coefficient (Wildman–Crippen LogP) is 1.35. The summed E-state index contributed by atoms with van der Waals surface area (Å²) in [6, 6.07) is 0. The minimum absolute atomic E-state index is 0.0810. The monoisotopic (exact) mass is 98.1 g/mol. The maximum Gasteiger partial charge on any atom is 0.201 e. The first-order chi connectivity index (χ1) is 3.31. The normalized spacial score (nSPS) is 13.4. The second-order valence-corrected chi connectivity index (χ2v) is 1.66. The Balaban J connectivity index is 2.98. The summed E-state index contributed by atoms with van der Waals surface area (Å²) in [6.45, 7) is 5.44. The minimum Gasteiger partial charge on any atom is -0.291 e. The van der Waals surface area contributed by atoms with Gasteiger partial charge in [-0.2, -0.15) is 0 Å². The molecule has 0 saturated heterocycles. The zero-order valence-electron chi connectivity index (χ0n) is 4.61. The van der Waals surface area contributed by atoms with Crippen molar-refractivity contribution in [2.75, 3.05) is 0 Å². The molecule has 0 N–H and O–H groups in total. The van der Waals surface area contributed by atoms with Crippen LogP contribution in [0.15, 0.2) is 0 Å². The summed E-state index contributed by atoms with van der Waals surface area (Å²) in [6.07, 6.45) is 3.57. The van der Waals surface area contributed by atoms with E-state index in [4.69, 9.17) is 0 Å². The van der Waals surface area contributed by atoms with Gasteiger partial charge in [-0.25, -0.2) is 0 Å². The van der Waals surface area contributed by atoms with Crippen molar-refractivity contribution in [2.24, 2.45) is 5.92 Å². The van der Waals surface area contributed by atoms with Crippen LogP contribution in [-0.4, -0.2) is 6.29 Å². The largest absolute Gasteiger partial charge is 0.291 e. The highest BCUT2D eigenvalue weighted by molar-refractivity contribution is 5.53. The van der Waals surface area contributed by atoms with Gasteiger partial charge in [-0.1, -0.05) is 20.3 Å². The van der Waals surface area contributed by atoms with Gasteiger partial charge in [-0.05, 0) is 6.42 Å². The molecular formula is C6H10O. The van der Waals surface area contributed by atoms with Crippen LogP contribution in [0.25, 0.3) is 0 Å². The molecule has 0 aromatic rings. The second-order valence-electron chi connectivity index (χ2n) is 1.66. The van der Waals surface area contributed by atoms with Crippen molar-refractivity contribution < 1.29 is 4.79 Å². The first kappa shape index (κ1) is 6.67. The van der Waals surface area contributed by atoms with Crippen LogP contribution in [0.3, 0.4) is 0 Å². The summed E-state index contributed by atoms with van der Waals surface area (Å²) < 4.78 is 0. The highest BCUT2D eigenvalue weighted by atomic mass is 16.1. The second kappa shape index (κ2) is 3.85. The third kappa shape index (κ3) is 3.50. The first-order valence-corrected chi connectivity index (χ1v) is 2.48. The Morgan fingerprint density at radius 3 is 2.57 bits per heavy atom. The lowest BCUT2D eigenvalue weighted by molar-refractivity contribution is 0.520. The molecule has 0 bridgehead atoms. The number of carbonyl (C=O) groups excluding carboxylic acids is 1. The molecule has 2 radical (unpaired) electrons. The van der Waals surface area contributed by atoms with E-state index in [0.29, 0.717) is 0 Å². The van der Waals surface area contributed by atoms with Crippen molar-refractivity contribution >= 4 is 6.29 Å². The molecule has 1 unspecified atom stereocenters. The Labute approximate surface area is 44.7 Å². The molecule has 0 rings (SSSR count). The third-order valence-electron chi connectivity index (χ3n) is 0.838. The Morgan fingerprint density at radius 2 is 2.43 bits per heavy atom. The molecule has 1 heteroatoms. The van der Waals surface area contributed by atoms with Crippen molar-refractivity contribution in [3.63, 3.8) is 0 Å². The highest BCUT2D eigenvalue weighted by Crippen LogP contribution is 1.98. The minimum atomic E-state index is 0.0810. The summed E-state index contributed by atoms with van der Waals surface area (Å²) in [4.78, 5) is 9.74. The van der Waals surface area contributed by atoms with Gasteiger partial charge in [0.2, 0.25) is 6.29 Å². The molecule has 1 nitrogen and oxygen atoms in total. The third-order valence-corrected chi connectivity index (χ3v) is 0.838. The summed E-state index contributed by atoms with van der Waals surface area (Å²) in [7, 11) is 0.